The van der Waals surface area contributed by atoms with Crippen LogP contribution in [0.3, 0.4) is 0 Å². The summed E-state index contributed by atoms with van der Waals surface area (Å²) in [5.74, 6) is 1.37. The first-order chi connectivity index (χ1) is 13.1. The molecule has 0 fully saturated rings. The normalized spacial score (nSPS) is 11.9. The largest absolute Gasteiger partial charge is 0.484 e. The van der Waals surface area contributed by atoms with Gasteiger partial charge in [-0.25, -0.2) is 0 Å². The third-order valence-electron chi connectivity index (χ3n) is 4.20. The monoisotopic (exact) mass is 504 g/mol. The third-order valence-corrected chi connectivity index (χ3v) is 4.20. The number of rotatable bonds is 12. The van der Waals surface area contributed by atoms with Gasteiger partial charge in [0, 0.05) is 26.2 Å². The minimum absolute atomic E-state index is 0. The molecule has 0 bridgehead atoms. The molecule has 1 amide bonds. The Labute approximate surface area is 187 Å². The third kappa shape index (κ3) is 12.0. The van der Waals surface area contributed by atoms with E-state index in [1.165, 1.54) is 25.7 Å². The highest BCUT2D eigenvalue weighted by Gasteiger charge is 2.06. The number of nitrogens with one attached hydrogen (secondary N) is 3. The Morgan fingerprint density at radius 2 is 1.96 bits per heavy atom. The summed E-state index contributed by atoms with van der Waals surface area (Å²) < 4.78 is 5.54. The number of hydrogen-bond donors (Lipinski definition) is 3. The van der Waals surface area contributed by atoms with Gasteiger partial charge in [0.2, 0.25) is 0 Å². The van der Waals surface area contributed by atoms with E-state index in [2.05, 4.69) is 34.8 Å². The highest BCUT2D eigenvalue weighted by atomic mass is 127. The molecular weight excluding hydrogens is 467 g/mol. The van der Waals surface area contributed by atoms with Gasteiger partial charge in [0.1, 0.15) is 5.75 Å². The van der Waals surface area contributed by atoms with Gasteiger partial charge in [-0.2, -0.15) is 0 Å². The molecule has 1 aromatic rings. The van der Waals surface area contributed by atoms with Crippen molar-refractivity contribution in [1.29, 1.82) is 0 Å². The molecule has 3 N–H and O–H groups in total. The Kier molecular flexibility index (Phi) is 15.6. The Bertz CT molecular complexity index is 581. The maximum absolute atomic E-state index is 11.5. The summed E-state index contributed by atoms with van der Waals surface area (Å²) in [6, 6.07) is 8.13. The van der Waals surface area contributed by atoms with Gasteiger partial charge in [-0.3, -0.25) is 9.79 Å². The number of amides is 1. The molecule has 1 atom stereocenters. The fourth-order valence-corrected chi connectivity index (χ4v) is 2.71. The van der Waals surface area contributed by atoms with E-state index in [-0.39, 0.29) is 36.5 Å². The minimum atomic E-state index is -0.112. The number of hydrogen-bond acceptors (Lipinski definition) is 3. The van der Waals surface area contributed by atoms with Crippen molar-refractivity contribution in [1.82, 2.24) is 16.0 Å². The fourth-order valence-electron chi connectivity index (χ4n) is 2.71. The summed E-state index contributed by atoms with van der Waals surface area (Å²) in [5.41, 5.74) is 1.07. The van der Waals surface area contributed by atoms with Crippen LogP contribution in [0.1, 0.15) is 58.4 Å². The van der Waals surface area contributed by atoms with Gasteiger partial charge in [-0.1, -0.05) is 44.7 Å². The molecular formula is C21H37IN4O2. The van der Waals surface area contributed by atoms with Gasteiger partial charge in [0.15, 0.2) is 12.6 Å². The lowest BCUT2D eigenvalue weighted by molar-refractivity contribution is -0.122. The number of carbonyl (C=O) groups is 1. The molecule has 0 aliphatic carbocycles. The van der Waals surface area contributed by atoms with Gasteiger partial charge in [-0.15, -0.1) is 24.0 Å². The number of guanidine groups is 1. The summed E-state index contributed by atoms with van der Waals surface area (Å²) in [7, 11) is 1.78. The van der Waals surface area contributed by atoms with Crippen LogP contribution in [0.4, 0.5) is 0 Å². The van der Waals surface area contributed by atoms with Crippen molar-refractivity contribution in [3.63, 3.8) is 0 Å². The predicted molar refractivity (Wildman–Crippen MR) is 128 cm³/mol. The van der Waals surface area contributed by atoms with Gasteiger partial charge < -0.3 is 20.7 Å². The van der Waals surface area contributed by atoms with Crippen molar-refractivity contribution >= 4 is 35.8 Å². The Balaban J connectivity index is 0.00000729. The molecule has 0 aromatic heterocycles. The number of likely N-dealkylation sites (N-methyl/N-ethyl adjacent to an activating group) is 1. The minimum Gasteiger partial charge on any atom is -0.484 e. The highest BCUT2D eigenvalue weighted by Crippen LogP contribution is 2.13. The van der Waals surface area contributed by atoms with Crippen molar-refractivity contribution in [2.75, 3.05) is 20.2 Å². The lowest BCUT2D eigenvalue weighted by Gasteiger charge is -2.18. The summed E-state index contributed by atoms with van der Waals surface area (Å²) in [5, 5.41) is 9.49. The molecule has 0 saturated carbocycles. The molecule has 0 aliphatic heterocycles. The standard InChI is InChI=1S/C21H36N4O2.HI/c1-5-7-8-9-11-17(3)25-21(22-4)24-15-18-12-10-13-19(14-18)27-16-20(26)23-6-2;/h10,12-14,17H,5-9,11,15-16H2,1-4H3,(H,23,26)(H2,22,24,25);1H. The van der Waals surface area contributed by atoms with E-state index in [0.29, 0.717) is 24.9 Å². The van der Waals surface area contributed by atoms with Crippen molar-refractivity contribution in [3.05, 3.63) is 29.8 Å². The van der Waals surface area contributed by atoms with Gasteiger partial charge in [-0.05, 0) is 38.0 Å². The molecule has 28 heavy (non-hydrogen) atoms. The SMILES string of the molecule is CCCCCCC(C)NC(=NC)NCc1cccc(OCC(=O)NCC)c1.I. The zero-order valence-electron chi connectivity index (χ0n) is 17.7. The van der Waals surface area contributed by atoms with Crippen LogP contribution in [0, 0.1) is 0 Å². The first-order valence-electron chi connectivity index (χ1n) is 10.0. The lowest BCUT2D eigenvalue weighted by atomic mass is 10.1. The van der Waals surface area contributed by atoms with Crippen LogP contribution in [0.2, 0.25) is 0 Å². The quantitative estimate of drug-likeness (QED) is 0.175. The zero-order chi connectivity index (χ0) is 19.9. The number of aliphatic imine (C=N–C) groups is 1. The fraction of sp³-hybridized carbons (Fsp3) is 0.619. The lowest BCUT2D eigenvalue weighted by Crippen LogP contribution is -2.41. The summed E-state index contributed by atoms with van der Waals surface area (Å²) in [4.78, 5) is 15.8. The zero-order valence-corrected chi connectivity index (χ0v) is 20.0. The molecule has 6 nitrogen and oxygen atoms in total. The number of unbranched alkanes of at least 4 members (excludes halogenated alkanes) is 3. The van der Waals surface area contributed by atoms with Gasteiger partial charge in [0.25, 0.3) is 5.91 Å². The van der Waals surface area contributed by atoms with Crippen molar-refractivity contribution in [3.8, 4) is 5.75 Å². The topological polar surface area (TPSA) is 74.8 Å². The van der Waals surface area contributed by atoms with Crippen LogP contribution in [0.25, 0.3) is 0 Å². The van der Waals surface area contributed by atoms with E-state index >= 15 is 0 Å². The van der Waals surface area contributed by atoms with Crippen molar-refractivity contribution < 1.29 is 9.53 Å². The van der Waals surface area contributed by atoms with E-state index in [9.17, 15) is 4.79 Å². The highest BCUT2D eigenvalue weighted by molar-refractivity contribution is 14.0. The van der Waals surface area contributed by atoms with E-state index in [0.717, 1.165) is 17.9 Å². The van der Waals surface area contributed by atoms with Crippen LogP contribution in [-0.4, -0.2) is 38.1 Å². The molecule has 1 unspecified atom stereocenters. The average Bonchev–Trinajstić information content (AvgIpc) is 2.67. The number of nitrogens with zero attached hydrogens (tertiary/aromatic N) is 1. The Morgan fingerprint density at radius 1 is 1.18 bits per heavy atom. The smallest absolute Gasteiger partial charge is 0.257 e. The van der Waals surface area contributed by atoms with Crippen molar-refractivity contribution in [2.24, 2.45) is 4.99 Å². The first-order valence-corrected chi connectivity index (χ1v) is 10.0. The molecule has 0 saturated heterocycles. The van der Waals surface area contributed by atoms with E-state index in [1.54, 1.807) is 7.05 Å². The second-order valence-electron chi connectivity index (χ2n) is 6.71. The molecule has 0 spiro atoms. The summed E-state index contributed by atoms with van der Waals surface area (Å²) in [6.45, 7) is 7.58. The van der Waals surface area contributed by atoms with E-state index < -0.39 is 0 Å². The Hall–Kier alpha value is -1.51. The molecule has 0 heterocycles. The predicted octanol–water partition coefficient (Wildman–Crippen LogP) is 3.84. The summed E-state index contributed by atoms with van der Waals surface area (Å²) >= 11 is 0. The molecule has 1 rings (SSSR count). The van der Waals surface area contributed by atoms with Crippen molar-refractivity contribution in [2.45, 2.75) is 65.5 Å². The number of ether oxygens (including phenoxy) is 1. The van der Waals surface area contributed by atoms with Crippen LogP contribution >= 0.6 is 24.0 Å². The second-order valence-corrected chi connectivity index (χ2v) is 6.71. The van der Waals surface area contributed by atoms with Crippen LogP contribution in [-0.2, 0) is 11.3 Å². The molecule has 160 valence electrons. The van der Waals surface area contributed by atoms with Gasteiger partial charge in [0.05, 0.1) is 0 Å². The van der Waals surface area contributed by atoms with E-state index in [1.807, 2.05) is 31.2 Å². The molecule has 1 aromatic carbocycles. The number of benzene rings is 1. The van der Waals surface area contributed by atoms with Crippen LogP contribution < -0.4 is 20.7 Å². The molecule has 0 aliphatic rings. The average molecular weight is 504 g/mol. The van der Waals surface area contributed by atoms with Gasteiger partial charge >= 0.3 is 0 Å². The second kappa shape index (κ2) is 16.4. The summed E-state index contributed by atoms with van der Waals surface area (Å²) in [6.07, 6.45) is 6.24. The maximum Gasteiger partial charge on any atom is 0.257 e. The molecule has 0 radical (unpaired) electrons. The maximum atomic E-state index is 11.5. The van der Waals surface area contributed by atoms with Crippen LogP contribution in [0.15, 0.2) is 29.3 Å². The molecule has 7 heteroatoms. The first kappa shape index (κ1) is 26.5. The number of halogens is 1. The van der Waals surface area contributed by atoms with Crippen LogP contribution in [0.5, 0.6) is 5.75 Å². The Morgan fingerprint density at radius 3 is 2.64 bits per heavy atom. The number of carbonyl (C=O) groups excluding carboxylic acids is 1. The van der Waals surface area contributed by atoms with E-state index in [4.69, 9.17) is 4.74 Å².